The molecule has 0 N–H and O–H groups in total. The predicted molar refractivity (Wildman–Crippen MR) is 104 cm³/mol. The van der Waals surface area contributed by atoms with Crippen LogP contribution in [0.5, 0.6) is 17.2 Å². The van der Waals surface area contributed by atoms with Crippen molar-refractivity contribution < 1.29 is 13.7 Å². The van der Waals surface area contributed by atoms with Crippen molar-refractivity contribution in [3.8, 4) is 17.2 Å². The van der Waals surface area contributed by atoms with E-state index in [1.165, 1.54) is 0 Å². The number of ether oxygens (including phenoxy) is 2. The summed E-state index contributed by atoms with van der Waals surface area (Å²) in [4.78, 5) is 5.51. The normalized spacial score (nSPS) is 13.5. The molecule has 0 aromatic heterocycles. The molecule has 5 heteroatoms. The van der Waals surface area contributed by atoms with Crippen molar-refractivity contribution in [3.05, 3.63) is 77.9 Å². The molecule has 0 amide bonds. The van der Waals surface area contributed by atoms with Gasteiger partial charge in [-0.2, -0.15) is 0 Å². The van der Waals surface area contributed by atoms with E-state index in [9.17, 15) is 4.21 Å². The summed E-state index contributed by atoms with van der Waals surface area (Å²) in [5.74, 6) is 2.02. The van der Waals surface area contributed by atoms with Gasteiger partial charge in [-0.05, 0) is 48.5 Å². The first kappa shape index (κ1) is 16.5. The van der Waals surface area contributed by atoms with Crippen molar-refractivity contribution >= 4 is 22.2 Å². The Morgan fingerprint density at radius 3 is 2.46 bits per heavy atom. The molecule has 4 nitrogen and oxygen atoms in total. The first-order valence-corrected chi connectivity index (χ1v) is 9.70. The molecule has 0 fully saturated rings. The fourth-order valence-corrected chi connectivity index (χ4v) is 3.61. The van der Waals surface area contributed by atoms with Crippen molar-refractivity contribution in [3.63, 3.8) is 0 Å². The number of aliphatic imine (C=N–C) groups is 1. The number of rotatable bonds is 3. The minimum atomic E-state index is -1.18. The lowest BCUT2D eigenvalue weighted by Gasteiger charge is -2.13. The highest BCUT2D eigenvalue weighted by Gasteiger charge is 2.23. The van der Waals surface area contributed by atoms with Crippen LogP contribution in [0.25, 0.3) is 0 Å². The Morgan fingerprint density at radius 2 is 1.73 bits per heavy atom. The van der Waals surface area contributed by atoms with Crippen molar-refractivity contribution in [2.45, 2.75) is 4.90 Å². The number of para-hydroxylation sites is 3. The van der Waals surface area contributed by atoms with Gasteiger partial charge in [0, 0.05) is 17.4 Å². The van der Waals surface area contributed by atoms with Gasteiger partial charge in [0.25, 0.3) is 0 Å². The molecule has 3 aromatic rings. The summed E-state index contributed by atoms with van der Waals surface area (Å²) in [7, 11) is 0.460. The lowest BCUT2D eigenvalue weighted by atomic mass is 10.0. The van der Waals surface area contributed by atoms with Crippen LogP contribution < -0.4 is 9.47 Å². The molecule has 1 atom stereocenters. The largest absolute Gasteiger partial charge is 0.497 e. The maximum atomic E-state index is 12.2. The van der Waals surface area contributed by atoms with E-state index < -0.39 is 10.8 Å². The Kier molecular flexibility index (Phi) is 4.31. The van der Waals surface area contributed by atoms with Gasteiger partial charge in [0.15, 0.2) is 11.5 Å². The second-order valence-electron chi connectivity index (χ2n) is 5.85. The molecule has 0 saturated heterocycles. The first-order valence-electron chi connectivity index (χ1n) is 8.14. The zero-order valence-corrected chi connectivity index (χ0v) is 15.2. The van der Waals surface area contributed by atoms with Gasteiger partial charge in [-0.1, -0.05) is 18.2 Å². The fourth-order valence-electron chi connectivity index (χ4n) is 2.93. The third-order valence-corrected chi connectivity index (χ3v) is 5.16. The van der Waals surface area contributed by atoms with Gasteiger partial charge in [-0.25, -0.2) is 4.99 Å². The molecule has 4 rings (SSSR count). The third kappa shape index (κ3) is 2.91. The summed E-state index contributed by atoms with van der Waals surface area (Å²) >= 11 is 0. The lowest BCUT2D eigenvalue weighted by molar-refractivity contribution is 0.415. The third-order valence-electron chi connectivity index (χ3n) is 4.22. The van der Waals surface area contributed by atoms with Crippen LogP contribution >= 0.6 is 0 Å². The van der Waals surface area contributed by atoms with Crippen LogP contribution in [0.2, 0.25) is 0 Å². The highest BCUT2D eigenvalue weighted by Crippen LogP contribution is 2.41. The van der Waals surface area contributed by atoms with E-state index in [1.807, 2.05) is 66.7 Å². The molecule has 1 aliphatic rings. The molecular formula is C21H17NO3S. The number of fused-ring (bicyclic) bond motifs is 2. The van der Waals surface area contributed by atoms with Gasteiger partial charge in [-0.15, -0.1) is 0 Å². The quantitative estimate of drug-likeness (QED) is 0.530. The average molecular weight is 363 g/mol. The number of methoxy groups -OCH3 is 1. The van der Waals surface area contributed by atoms with Crippen LogP contribution in [-0.2, 0) is 10.8 Å². The van der Waals surface area contributed by atoms with Crippen LogP contribution in [-0.4, -0.2) is 23.3 Å². The maximum Gasteiger partial charge on any atom is 0.153 e. The van der Waals surface area contributed by atoms with Crippen LogP contribution in [0.3, 0.4) is 0 Å². The summed E-state index contributed by atoms with van der Waals surface area (Å²) in [5.41, 5.74) is 3.27. The van der Waals surface area contributed by atoms with Crippen molar-refractivity contribution in [1.82, 2.24) is 0 Å². The first-order chi connectivity index (χ1) is 12.7. The van der Waals surface area contributed by atoms with E-state index in [0.29, 0.717) is 16.4 Å². The molecule has 1 unspecified atom stereocenters. The zero-order chi connectivity index (χ0) is 18.1. The summed E-state index contributed by atoms with van der Waals surface area (Å²) in [5, 5.41) is 0. The molecule has 26 heavy (non-hydrogen) atoms. The number of hydrogen-bond donors (Lipinski definition) is 0. The van der Waals surface area contributed by atoms with Crippen LogP contribution in [0.4, 0.5) is 5.69 Å². The van der Waals surface area contributed by atoms with Crippen molar-refractivity contribution in [2.24, 2.45) is 4.99 Å². The number of nitrogens with zero attached hydrogens (tertiary/aromatic N) is 1. The SMILES string of the molecule is COc1ccc(C2=Nc3ccccc3Oc3c2cccc3S(C)=O)cc1. The van der Waals surface area contributed by atoms with Gasteiger partial charge in [0.2, 0.25) is 0 Å². The fraction of sp³-hybridized carbons (Fsp3) is 0.0952. The Balaban J connectivity index is 1.98. The molecule has 0 bridgehead atoms. The Morgan fingerprint density at radius 1 is 0.962 bits per heavy atom. The molecule has 0 saturated carbocycles. The average Bonchev–Trinajstić information content (AvgIpc) is 2.84. The molecule has 0 spiro atoms. The molecule has 130 valence electrons. The van der Waals surface area contributed by atoms with Gasteiger partial charge in [-0.3, -0.25) is 4.21 Å². The number of benzene rings is 3. The molecular weight excluding hydrogens is 346 g/mol. The highest BCUT2D eigenvalue weighted by atomic mass is 32.2. The van der Waals surface area contributed by atoms with E-state index in [4.69, 9.17) is 14.5 Å². The van der Waals surface area contributed by atoms with Crippen molar-refractivity contribution in [2.75, 3.05) is 13.4 Å². The lowest BCUT2D eigenvalue weighted by Crippen LogP contribution is -2.06. The van der Waals surface area contributed by atoms with Crippen molar-refractivity contribution in [1.29, 1.82) is 0 Å². The van der Waals surface area contributed by atoms with E-state index in [0.717, 1.165) is 28.3 Å². The minimum Gasteiger partial charge on any atom is -0.497 e. The van der Waals surface area contributed by atoms with Crippen LogP contribution in [0, 0.1) is 0 Å². The van der Waals surface area contributed by atoms with Gasteiger partial charge in [0.05, 0.1) is 28.5 Å². The summed E-state index contributed by atoms with van der Waals surface area (Å²) in [6.45, 7) is 0. The Hall–Kier alpha value is -2.92. The maximum absolute atomic E-state index is 12.2. The topological polar surface area (TPSA) is 47.9 Å². The van der Waals surface area contributed by atoms with Crippen LogP contribution in [0.1, 0.15) is 11.1 Å². The zero-order valence-electron chi connectivity index (χ0n) is 14.4. The standard InChI is InChI=1S/C21H17NO3S/c1-24-15-12-10-14(11-13-15)20-16-6-5-9-19(26(2)23)21(16)25-18-8-4-3-7-17(18)22-20/h3-13H,1-2H3. The second-order valence-corrected chi connectivity index (χ2v) is 7.19. The summed E-state index contributed by atoms with van der Waals surface area (Å²) in [6, 6.07) is 21.0. The van der Waals surface area contributed by atoms with Gasteiger partial charge in [0.1, 0.15) is 11.4 Å². The van der Waals surface area contributed by atoms with E-state index >= 15 is 0 Å². The van der Waals surface area contributed by atoms with Crippen LogP contribution in [0.15, 0.2) is 76.6 Å². The van der Waals surface area contributed by atoms with Gasteiger partial charge < -0.3 is 9.47 Å². The monoisotopic (exact) mass is 363 g/mol. The Labute approximate surface area is 154 Å². The number of hydrogen-bond acceptors (Lipinski definition) is 4. The van der Waals surface area contributed by atoms with Gasteiger partial charge >= 0.3 is 0 Å². The van der Waals surface area contributed by atoms with E-state index in [1.54, 1.807) is 13.4 Å². The summed E-state index contributed by atoms with van der Waals surface area (Å²) in [6.07, 6.45) is 1.65. The summed E-state index contributed by atoms with van der Waals surface area (Å²) < 4.78 is 23.7. The van der Waals surface area contributed by atoms with E-state index in [2.05, 4.69) is 0 Å². The molecule has 0 aliphatic carbocycles. The smallest absolute Gasteiger partial charge is 0.153 e. The minimum absolute atomic E-state index is 0.591. The second kappa shape index (κ2) is 6.77. The Bertz CT molecular complexity index is 1030. The molecule has 1 heterocycles. The van der Waals surface area contributed by atoms with E-state index in [-0.39, 0.29) is 0 Å². The molecule has 3 aromatic carbocycles. The predicted octanol–water partition coefficient (Wildman–Crippen LogP) is 4.71. The molecule has 0 radical (unpaired) electrons. The highest BCUT2D eigenvalue weighted by molar-refractivity contribution is 7.84. The molecule has 1 aliphatic heterocycles.